The Morgan fingerprint density at radius 1 is 1.12 bits per heavy atom. The van der Waals surface area contributed by atoms with Gasteiger partial charge in [-0.15, -0.1) is 0 Å². The van der Waals surface area contributed by atoms with Crippen molar-refractivity contribution >= 4 is 0 Å². The zero-order valence-electron chi connectivity index (χ0n) is 11.8. The highest BCUT2D eigenvalue weighted by atomic mass is 16.3. The quantitative estimate of drug-likeness (QED) is 0.638. The Bertz CT molecular complexity index is 185. The van der Waals surface area contributed by atoms with Crippen LogP contribution in [0.2, 0.25) is 0 Å². The molecule has 0 aromatic heterocycles. The predicted octanol–water partition coefficient (Wildman–Crippen LogP) is 3.49. The van der Waals surface area contributed by atoms with E-state index in [9.17, 15) is 5.11 Å². The molecule has 2 nitrogen and oxygen atoms in total. The van der Waals surface area contributed by atoms with E-state index in [1.807, 2.05) is 0 Å². The van der Waals surface area contributed by atoms with Gasteiger partial charge in [0.15, 0.2) is 0 Å². The van der Waals surface area contributed by atoms with Crippen LogP contribution in [-0.4, -0.2) is 23.8 Å². The molecule has 2 heteroatoms. The van der Waals surface area contributed by atoms with Gasteiger partial charge in [-0.2, -0.15) is 0 Å². The smallest absolute Gasteiger partial charge is 0.0613 e. The lowest BCUT2D eigenvalue weighted by atomic mass is 9.77. The van der Waals surface area contributed by atoms with Crippen LogP contribution in [0.4, 0.5) is 0 Å². The molecule has 0 saturated heterocycles. The summed E-state index contributed by atoms with van der Waals surface area (Å²) < 4.78 is 0. The van der Waals surface area contributed by atoms with Crippen LogP contribution < -0.4 is 5.32 Å². The molecule has 0 aromatic rings. The Morgan fingerprint density at radius 3 is 2.35 bits per heavy atom. The Hall–Kier alpha value is -0.0800. The highest BCUT2D eigenvalue weighted by Crippen LogP contribution is 2.31. The molecule has 17 heavy (non-hydrogen) atoms. The van der Waals surface area contributed by atoms with Crippen molar-refractivity contribution in [3.63, 3.8) is 0 Å². The summed E-state index contributed by atoms with van der Waals surface area (Å²) in [7, 11) is 0. The van der Waals surface area contributed by atoms with Crippen LogP contribution >= 0.6 is 0 Å². The maximum absolute atomic E-state index is 9.61. The van der Waals surface area contributed by atoms with Crippen LogP contribution in [0.25, 0.3) is 0 Å². The molecule has 0 spiro atoms. The first-order valence-electron chi connectivity index (χ1n) is 7.58. The van der Waals surface area contributed by atoms with E-state index >= 15 is 0 Å². The molecule has 1 saturated carbocycles. The molecule has 0 aromatic carbocycles. The van der Waals surface area contributed by atoms with Gasteiger partial charge in [0.1, 0.15) is 0 Å². The number of hydrogen-bond donors (Lipinski definition) is 2. The average molecular weight is 241 g/mol. The molecule has 2 N–H and O–H groups in total. The number of rotatable bonds is 8. The van der Waals surface area contributed by atoms with Crippen LogP contribution in [0.3, 0.4) is 0 Å². The maximum atomic E-state index is 9.61. The summed E-state index contributed by atoms with van der Waals surface area (Å²) in [5.41, 5.74) is 0.0528. The largest absolute Gasteiger partial charge is 0.394 e. The second-order valence-corrected chi connectivity index (χ2v) is 5.96. The minimum atomic E-state index is 0.0528. The van der Waals surface area contributed by atoms with Crippen molar-refractivity contribution in [2.45, 2.75) is 77.2 Å². The fraction of sp³-hybridized carbons (Fsp3) is 1.00. The third-order valence-electron chi connectivity index (χ3n) is 4.31. The van der Waals surface area contributed by atoms with Crippen molar-refractivity contribution in [3.8, 4) is 0 Å². The molecule has 0 atom stereocenters. The summed E-state index contributed by atoms with van der Waals surface area (Å²) in [5, 5.41) is 13.2. The minimum Gasteiger partial charge on any atom is -0.394 e. The molecule has 1 rings (SSSR count). The van der Waals surface area contributed by atoms with Crippen molar-refractivity contribution in [3.05, 3.63) is 0 Å². The van der Waals surface area contributed by atoms with Gasteiger partial charge in [0.05, 0.1) is 6.61 Å². The van der Waals surface area contributed by atoms with E-state index < -0.39 is 0 Å². The first-order valence-corrected chi connectivity index (χ1v) is 7.58. The monoisotopic (exact) mass is 241 g/mol. The summed E-state index contributed by atoms with van der Waals surface area (Å²) in [5.74, 6) is 0.848. The molecule has 1 aliphatic carbocycles. The van der Waals surface area contributed by atoms with E-state index in [4.69, 9.17) is 0 Å². The molecule has 0 unspecified atom stereocenters. The van der Waals surface area contributed by atoms with Crippen molar-refractivity contribution in [1.82, 2.24) is 5.32 Å². The molecule has 1 fully saturated rings. The van der Waals surface area contributed by atoms with Gasteiger partial charge in [0.2, 0.25) is 0 Å². The number of aliphatic hydroxyl groups excluding tert-OH is 1. The van der Waals surface area contributed by atoms with E-state index in [2.05, 4.69) is 19.2 Å². The maximum Gasteiger partial charge on any atom is 0.0613 e. The number of hydrogen-bond acceptors (Lipinski definition) is 2. The molecule has 1 aliphatic rings. The molecule has 0 heterocycles. The van der Waals surface area contributed by atoms with Crippen molar-refractivity contribution in [1.29, 1.82) is 0 Å². The standard InChI is InChI=1S/C15H31NO/c1-3-4-5-6-7-12-16-15(13-17)10-8-14(2)9-11-15/h14,16-17H,3-13H2,1-2H3. The SMILES string of the molecule is CCCCCCCNC1(CO)CCC(C)CC1. The highest BCUT2D eigenvalue weighted by molar-refractivity contribution is 4.91. The third kappa shape index (κ3) is 5.39. The fourth-order valence-electron chi connectivity index (χ4n) is 2.79. The second-order valence-electron chi connectivity index (χ2n) is 5.96. The van der Waals surface area contributed by atoms with Crippen molar-refractivity contribution in [2.24, 2.45) is 5.92 Å². The molecule has 0 bridgehead atoms. The first kappa shape index (κ1) is 15.0. The predicted molar refractivity (Wildman–Crippen MR) is 74.2 cm³/mol. The van der Waals surface area contributed by atoms with Crippen LogP contribution in [0.5, 0.6) is 0 Å². The molecule has 0 radical (unpaired) electrons. The topological polar surface area (TPSA) is 32.3 Å². The van der Waals surface area contributed by atoms with E-state index in [1.54, 1.807) is 0 Å². The summed E-state index contributed by atoms with van der Waals surface area (Å²) >= 11 is 0. The zero-order chi connectivity index (χ0) is 12.6. The van der Waals surface area contributed by atoms with Gasteiger partial charge in [-0.1, -0.05) is 39.5 Å². The number of unbranched alkanes of at least 4 members (excludes halogenated alkanes) is 4. The second kappa shape index (κ2) is 8.10. The third-order valence-corrected chi connectivity index (χ3v) is 4.31. The summed E-state index contributed by atoms with van der Waals surface area (Å²) in [6, 6.07) is 0. The zero-order valence-corrected chi connectivity index (χ0v) is 11.8. The molecule has 0 aliphatic heterocycles. The van der Waals surface area contributed by atoms with E-state index in [1.165, 1.54) is 44.9 Å². The van der Waals surface area contributed by atoms with Gasteiger partial charge >= 0.3 is 0 Å². The van der Waals surface area contributed by atoms with E-state index in [0.717, 1.165) is 25.3 Å². The Labute approximate surface area is 107 Å². The van der Waals surface area contributed by atoms with Gasteiger partial charge in [0.25, 0.3) is 0 Å². The van der Waals surface area contributed by atoms with Crippen LogP contribution in [-0.2, 0) is 0 Å². The molecular formula is C15H31NO. The van der Waals surface area contributed by atoms with Gasteiger partial charge in [-0.25, -0.2) is 0 Å². The van der Waals surface area contributed by atoms with Crippen LogP contribution in [0, 0.1) is 5.92 Å². The average Bonchev–Trinajstić information content (AvgIpc) is 2.36. The lowest BCUT2D eigenvalue weighted by molar-refractivity contribution is 0.105. The first-order chi connectivity index (χ1) is 8.22. The van der Waals surface area contributed by atoms with Gasteiger partial charge in [0, 0.05) is 5.54 Å². The summed E-state index contributed by atoms with van der Waals surface area (Å²) in [6.07, 6.45) is 11.5. The Morgan fingerprint density at radius 2 is 1.76 bits per heavy atom. The Kier molecular flexibility index (Phi) is 7.14. The lowest BCUT2D eigenvalue weighted by Crippen LogP contribution is -2.51. The van der Waals surface area contributed by atoms with Crippen molar-refractivity contribution < 1.29 is 5.11 Å². The van der Waals surface area contributed by atoms with Crippen LogP contribution in [0.1, 0.15) is 71.6 Å². The van der Waals surface area contributed by atoms with Gasteiger partial charge in [-0.3, -0.25) is 0 Å². The molecule has 102 valence electrons. The van der Waals surface area contributed by atoms with Crippen LogP contribution in [0.15, 0.2) is 0 Å². The van der Waals surface area contributed by atoms with Gasteiger partial charge < -0.3 is 10.4 Å². The summed E-state index contributed by atoms with van der Waals surface area (Å²) in [4.78, 5) is 0. The normalized spacial score (nSPS) is 29.5. The number of aliphatic hydroxyl groups is 1. The number of nitrogens with one attached hydrogen (secondary N) is 1. The van der Waals surface area contributed by atoms with E-state index in [-0.39, 0.29) is 5.54 Å². The van der Waals surface area contributed by atoms with Crippen molar-refractivity contribution in [2.75, 3.05) is 13.2 Å². The molecule has 0 amide bonds. The van der Waals surface area contributed by atoms with Gasteiger partial charge in [-0.05, 0) is 44.6 Å². The highest BCUT2D eigenvalue weighted by Gasteiger charge is 2.32. The minimum absolute atomic E-state index is 0.0528. The Balaban J connectivity index is 2.14. The fourth-order valence-corrected chi connectivity index (χ4v) is 2.79. The summed E-state index contributed by atoms with van der Waals surface area (Å²) in [6.45, 7) is 5.97. The lowest BCUT2D eigenvalue weighted by Gasteiger charge is -2.39. The molecular weight excluding hydrogens is 210 g/mol. The van der Waals surface area contributed by atoms with E-state index in [0.29, 0.717) is 6.61 Å².